The smallest absolute Gasteiger partial charge is 0.326 e. The number of halogens is 1. The van der Waals surface area contributed by atoms with Crippen molar-refractivity contribution >= 4 is 69.3 Å². The standard InChI is InChI=1S/C39H53ClN12O9/c40-13-3-1-2-4-16-58-19-20-59-17-14-43-35(54)26-61-22-21-60-18-15-52-25-30(50-51-52)24-44-34(53)12-11-33(38(56)57)45-37(55)27-5-7-28(8-6-27)48-49-29-9-10-32-31(23-29)36(41)47-39(42)46-32/h5-10,23,25,33H,1-4,11-22,24,26H2,(H,43,54)(H,44,53)(H,45,55)(H,56,57)(H4,41,42,46,47)/t33-/m0/s1. The fourth-order valence-electron chi connectivity index (χ4n) is 5.43. The van der Waals surface area contributed by atoms with E-state index in [1.165, 1.54) is 12.1 Å². The van der Waals surface area contributed by atoms with Crippen LogP contribution in [0.5, 0.6) is 0 Å². The summed E-state index contributed by atoms with van der Waals surface area (Å²) in [5.74, 6) is -1.61. The van der Waals surface area contributed by atoms with Crippen molar-refractivity contribution in [1.82, 2.24) is 40.9 Å². The molecule has 3 amide bonds. The van der Waals surface area contributed by atoms with Crippen molar-refractivity contribution in [2.45, 2.75) is 57.7 Å². The van der Waals surface area contributed by atoms with Gasteiger partial charge in [0.25, 0.3) is 5.91 Å². The molecular formula is C39H53ClN12O9. The van der Waals surface area contributed by atoms with Crippen LogP contribution < -0.4 is 27.4 Å². The van der Waals surface area contributed by atoms with E-state index in [2.05, 4.69) is 46.5 Å². The lowest BCUT2D eigenvalue weighted by atomic mass is 10.1. The number of alkyl halides is 1. The molecule has 8 N–H and O–H groups in total. The van der Waals surface area contributed by atoms with E-state index in [4.69, 9.17) is 42.0 Å². The largest absolute Gasteiger partial charge is 0.480 e. The number of fused-ring (bicyclic) bond motifs is 1. The molecule has 0 saturated carbocycles. The minimum atomic E-state index is -1.31. The fourth-order valence-corrected chi connectivity index (χ4v) is 5.62. The number of nitrogens with one attached hydrogen (secondary N) is 3. The van der Waals surface area contributed by atoms with Crippen LogP contribution in [0.15, 0.2) is 58.9 Å². The summed E-state index contributed by atoms with van der Waals surface area (Å²) in [6.45, 7) is 3.63. The SMILES string of the molecule is Nc1nc(N)c2cc(N=Nc3ccc(C(=O)N[C@@H](CCC(=O)NCc4cn(CCOCCOCC(=O)NCCOCCOCCCCCCCl)nn4)C(=O)O)cc3)ccc2n1. The summed E-state index contributed by atoms with van der Waals surface area (Å²) in [5, 5.41) is 34.5. The molecule has 0 fully saturated rings. The van der Waals surface area contributed by atoms with Crippen LogP contribution in [0.25, 0.3) is 10.9 Å². The molecule has 0 aliphatic heterocycles. The summed E-state index contributed by atoms with van der Waals surface area (Å²) >= 11 is 5.66. The maximum Gasteiger partial charge on any atom is 0.326 e. The van der Waals surface area contributed by atoms with Crippen molar-refractivity contribution in [2.24, 2.45) is 10.2 Å². The summed E-state index contributed by atoms with van der Waals surface area (Å²) in [6, 6.07) is 9.81. The molecule has 330 valence electrons. The number of nitrogens with zero attached hydrogens (tertiary/aromatic N) is 7. The van der Waals surface area contributed by atoms with Crippen LogP contribution in [0, 0.1) is 0 Å². The molecule has 0 unspecified atom stereocenters. The third kappa shape index (κ3) is 18.5. The summed E-state index contributed by atoms with van der Waals surface area (Å²) in [6.07, 6.45) is 5.61. The highest BCUT2D eigenvalue weighted by atomic mass is 35.5. The molecule has 2 aromatic carbocycles. The Labute approximate surface area is 357 Å². The zero-order chi connectivity index (χ0) is 43.7. The minimum Gasteiger partial charge on any atom is -0.480 e. The quantitative estimate of drug-likeness (QED) is 0.0249. The number of azo groups is 1. The van der Waals surface area contributed by atoms with Gasteiger partial charge in [-0.15, -0.1) is 16.7 Å². The van der Waals surface area contributed by atoms with Gasteiger partial charge in [-0.05, 0) is 61.7 Å². The molecule has 4 aromatic rings. The Morgan fingerprint density at radius 2 is 1.51 bits per heavy atom. The Morgan fingerprint density at radius 3 is 2.28 bits per heavy atom. The van der Waals surface area contributed by atoms with E-state index in [9.17, 15) is 24.3 Å². The van der Waals surface area contributed by atoms with Gasteiger partial charge in [0.2, 0.25) is 17.8 Å². The van der Waals surface area contributed by atoms with E-state index < -0.39 is 23.8 Å². The maximum atomic E-state index is 12.8. The second-order valence-corrected chi connectivity index (χ2v) is 13.8. The average molecular weight is 869 g/mol. The summed E-state index contributed by atoms with van der Waals surface area (Å²) in [5.41, 5.74) is 13.8. The number of nitrogen functional groups attached to an aromatic ring is 2. The topological polar surface area (TPSA) is 295 Å². The molecule has 0 aliphatic rings. The predicted octanol–water partition coefficient (Wildman–Crippen LogP) is 3.06. The van der Waals surface area contributed by atoms with Gasteiger partial charge in [0, 0.05) is 36.4 Å². The Kier molecular flexibility index (Phi) is 21.2. The fraction of sp³-hybridized carbons (Fsp3) is 0.487. The number of nitrogens with two attached hydrogens (primary N) is 2. The highest BCUT2D eigenvalue weighted by molar-refractivity contribution is 6.17. The van der Waals surface area contributed by atoms with Crippen LogP contribution in [0.3, 0.4) is 0 Å². The first-order valence-electron chi connectivity index (χ1n) is 19.8. The van der Waals surface area contributed by atoms with Gasteiger partial charge in [0.1, 0.15) is 24.2 Å². The van der Waals surface area contributed by atoms with Crippen molar-refractivity contribution in [3.63, 3.8) is 0 Å². The number of carbonyl (C=O) groups is 4. The van der Waals surface area contributed by atoms with Gasteiger partial charge in [-0.1, -0.05) is 18.1 Å². The molecule has 1 atom stereocenters. The van der Waals surface area contributed by atoms with Crippen LogP contribution >= 0.6 is 11.6 Å². The number of benzene rings is 2. The number of rotatable bonds is 30. The molecule has 0 bridgehead atoms. The number of aliphatic carboxylic acids is 1. The van der Waals surface area contributed by atoms with Gasteiger partial charge >= 0.3 is 5.97 Å². The number of hydrogen-bond acceptors (Lipinski definition) is 16. The van der Waals surface area contributed by atoms with Gasteiger partial charge in [-0.25, -0.2) is 14.5 Å². The third-order valence-electron chi connectivity index (χ3n) is 8.64. The molecule has 0 radical (unpaired) electrons. The zero-order valence-electron chi connectivity index (χ0n) is 33.8. The highest BCUT2D eigenvalue weighted by Crippen LogP contribution is 2.26. The first-order valence-corrected chi connectivity index (χ1v) is 20.3. The number of hydrogen-bond donors (Lipinski definition) is 6. The molecule has 0 spiro atoms. The van der Waals surface area contributed by atoms with E-state index >= 15 is 0 Å². The first kappa shape index (κ1) is 47.8. The summed E-state index contributed by atoms with van der Waals surface area (Å²) in [7, 11) is 0. The second kappa shape index (κ2) is 27.1. The maximum absolute atomic E-state index is 12.8. The molecular weight excluding hydrogens is 816 g/mol. The van der Waals surface area contributed by atoms with E-state index in [1.54, 1.807) is 41.2 Å². The Hall–Kier alpha value is -5.87. The number of aromatic nitrogens is 5. The lowest BCUT2D eigenvalue weighted by molar-refractivity contribution is -0.139. The van der Waals surface area contributed by atoms with Gasteiger partial charge in [-0.3, -0.25) is 14.4 Å². The Balaban J connectivity index is 1.03. The predicted molar refractivity (Wildman–Crippen MR) is 224 cm³/mol. The normalized spacial score (nSPS) is 11.8. The van der Waals surface area contributed by atoms with Crippen LogP contribution in [0.1, 0.15) is 54.6 Å². The Bertz CT molecular complexity index is 2020. The van der Waals surface area contributed by atoms with Crippen LogP contribution in [-0.2, 0) is 46.4 Å². The molecule has 0 aliphatic carbocycles. The number of carboxylic acid groups (broad SMARTS) is 1. The number of carbonyl (C=O) groups excluding carboxylic acids is 3. The second-order valence-electron chi connectivity index (χ2n) is 13.4. The van der Waals surface area contributed by atoms with Crippen molar-refractivity contribution < 1.29 is 43.2 Å². The number of anilines is 2. The summed E-state index contributed by atoms with van der Waals surface area (Å²) < 4.78 is 23.4. The summed E-state index contributed by atoms with van der Waals surface area (Å²) in [4.78, 5) is 57.2. The minimum absolute atomic E-state index is 0.0651. The third-order valence-corrected chi connectivity index (χ3v) is 8.90. The van der Waals surface area contributed by atoms with Crippen LogP contribution in [-0.4, -0.2) is 125 Å². The lowest BCUT2D eigenvalue weighted by Crippen LogP contribution is -2.41. The lowest BCUT2D eigenvalue weighted by Gasteiger charge is -2.14. The number of ether oxygens (including phenoxy) is 4. The van der Waals surface area contributed by atoms with Gasteiger partial charge in [0.05, 0.1) is 75.8 Å². The molecule has 61 heavy (non-hydrogen) atoms. The van der Waals surface area contributed by atoms with Crippen molar-refractivity contribution in [1.29, 1.82) is 0 Å². The van der Waals surface area contributed by atoms with Crippen LogP contribution in [0.4, 0.5) is 23.1 Å². The number of unbranched alkanes of at least 4 members (excludes halogenated alkanes) is 3. The van der Waals surface area contributed by atoms with E-state index in [-0.39, 0.29) is 62.4 Å². The van der Waals surface area contributed by atoms with Gasteiger partial charge in [-0.2, -0.15) is 15.2 Å². The monoisotopic (exact) mass is 868 g/mol. The molecule has 2 aromatic heterocycles. The molecule has 4 rings (SSSR count). The van der Waals surface area contributed by atoms with Crippen molar-refractivity contribution in [3.05, 3.63) is 59.9 Å². The van der Waals surface area contributed by atoms with Gasteiger partial charge < -0.3 is 51.5 Å². The highest BCUT2D eigenvalue weighted by Gasteiger charge is 2.22. The average Bonchev–Trinajstić information content (AvgIpc) is 3.71. The molecule has 0 saturated heterocycles. The van der Waals surface area contributed by atoms with Crippen molar-refractivity contribution in [2.75, 3.05) is 76.7 Å². The Morgan fingerprint density at radius 1 is 0.803 bits per heavy atom. The van der Waals surface area contributed by atoms with Gasteiger partial charge in [0.15, 0.2) is 0 Å². The zero-order valence-corrected chi connectivity index (χ0v) is 34.6. The van der Waals surface area contributed by atoms with Crippen LogP contribution in [0.2, 0.25) is 0 Å². The van der Waals surface area contributed by atoms with E-state index in [0.29, 0.717) is 80.0 Å². The molecule has 2 heterocycles. The first-order chi connectivity index (χ1) is 29.6. The molecule has 22 heteroatoms. The van der Waals surface area contributed by atoms with E-state index in [0.717, 1.165) is 25.7 Å². The number of carboxylic acids is 1. The van der Waals surface area contributed by atoms with Crippen molar-refractivity contribution in [3.8, 4) is 0 Å². The number of amides is 3. The van der Waals surface area contributed by atoms with E-state index in [1.807, 2.05) is 0 Å². The molecule has 21 nitrogen and oxygen atoms in total.